The normalized spacial score (nSPS) is 11.2. The molecule has 1 aromatic rings. The number of hydrogen-bond acceptors (Lipinski definition) is 10. The zero-order chi connectivity index (χ0) is 34.1. The van der Waals surface area contributed by atoms with Gasteiger partial charge in [-0.3, -0.25) is 0 Å². The number of aryl methyl sites for hydroxylation is 1. The van der Waals surface area contributed by atoms with Crippen molar-refractivity contribution in [3.05, 3.63) is 29.8 Å². The molecule has 16 heteroatoms. The Morgan fingerprint density at radius 2 is 1.09 bits per heavy atom. The van der Waals surface area contributed by atoms with Crippen LogP contribution >= 0.6 is 0 Å². The van der Waals surface area contributed by atoms with E-state index in [4.69, 9.17) is 24.8 Å². The maximum absolute atomic E-state index is 12.8. The minimum absolute atomic E-state index is 0.0210. The smallest absolute Gasteiger partial charge is 0.437 e. The third kappa shape index (κ3) is 18.8. The van der Waals surface area contributed by atoms with Crippen molar-refractivity contribution in [2.45, 2.75) is 70.1 Å². The van der Waals surface area contributed by atoms with E-state index in [1.165, 1.54) is 50.5 Å². The molecule has 12 nitrogen and oxygen atoms in total. The van der Waals surface area contributed by atoms with Gasteiger partial charge in [-0.15, -0.1) is 0 Å². The molecule has 0 saturated heterocycles. The van der Waals surface area contributed by atoms with Crippen molar-refractivity contribution in [1.82, 2.24) is 0 Å². The Balaban J connectivity index is 0.00000109. The van der Waals surface area contributed by atoms with Crippen LogP contribution < -0.4 is 4.74 Å². The molecule has 1 rings (SSSR count). The summed E-state index contributed by atoms with van der Waals surface area (Å²) in [6.07, 6.45) is 10.0. The number of aliphatic hydroxyl groups excluding tert-OH is 1. The van der Waals surface area contributed by atoms with E-state index in [1.54, 1.807) is 0 Å². The summed E-state index contributed by atoms with van der Waals surface area (Å²) in [7, 11) is 0. The van der Waals surface area contributed by atoms with Crippen LogP contribution in [-0.2, 0) is 44.5 Å². The highest BCUT2D eigenvalue weighted by molar-refractivity contribution is 6.00. The van der Waals surface area contributed by atoms with Crippen LogP contribution in [0.5, 0.6) is 5.75 Å². The molecule has 0 heterocycles. The number of carbonyl (C=O) groups is 4. The number of esters is 2. The van der Waals surface area contributed by atoms with Crippen molar-refractivity contribution in [2.24, 2.45) is 0 Å². The highest BCUT2D eigenvalue weighted by Gasteiger charge is 2.50. The molecule has 258 valence electrons. The van der Waals surface area contributed by atoms with Gasteiger partial charge in [0, 0.05) is 0 Å². The predicted octanol–water partition coefficient (Wildman–Crippen LogP) is 3.90. The molecule has 1 aromatic carbocycles. The van der Waals surface area contributed by atoms with Crippen LogP contribution in [0.25, 0.3) is 0 Å². The number of alkyl halides is 4. The van der Waals surface area contributed by atoms with E-state index in [2.05, 4.69) is 21.1 Å². The molecule has 0 unspecified atom stereocenters. The lowest BCUT2D eigenvalue weighted by Gasteiger charge is -2.11. The molecular weight excluding hydrogens is 616 g/mol. The minimum atomic E-state index is -4.55. The van der Waals surface area contributed by atoms with E-state index >= 15 is 0 Å². The van der Waals surface area contributed by atoms with Gasteiger partial charge in [0.25, 0.3) is 0 Å². The van der Waals surface area contributed by atoms with Crippen LogP contribution in [0.4, 0.5) is 17.6 Å². The van der Waals surface area contributed by atoms with Crippen LogP contribution in [0.2, 0.25) is 0 Å². The summed E-state index contributed by atoms with van der Waals surface area (Å²) in [6.45, 7) is 1.08. The van der Waals surface area contributed by atoms with E-state index in [-0.39, 0.29) is 39.6 Å². The first-order chi connectivity index (χ1) is 21.3. The Morgan fingerprint density at radius 1 is 0.644 bits per heavy atom. The van der Waals surface area contributed by atoms with Crippen molar-refractivity contribution in [2.75, 3.05) is 52.9 Å². The molecule has 0 aliphatic carbocycles. The second-order valence-electron chi connectivity index (χ2n) is 9.34. The Morgan fingerprint density at radius 3 is 1.56 bits per heavy atom. The van der Waals surface area contributed by atoms with E-state index in [1.807, 2.05) is 24.3 Å². The van der Waals surface area contributed by atoms with Gasteiger partial charge in [-0.2, -0.15) is 17.6 Å². The molecular formula is C29H42F4O12. The third-order valence-electron chi connectivity index (χ3n) is 5.70. The fourth-order valence-electron chi connectivity index (χ4n) is 3.27. The summed E-state index contributed by atoms with van der Waals surface area (Å²) >= 11 is 0. The van der Waals surface area contributed by atoms with Gasteiger partial charge in [0.15, 0.2) is 0 Å². The van der Waals surface area contributed by atoms with Crippen molar-refractivity contribution in [3.63, 3.8) is 0 Å². The number of aliphatic carboxylic acids is 2. The summed E-state index contributed by atoms with van der Waals surface area (Å²) in [6, 6.07) is 7.86. The number of aliphatic hydroxyl groups is 1. The minimum Gasteiger partial charge on any atom is -0.491 e. The number of ether oxygens (including phenoxy) is 5. The maximum Gasteiger partial charge on any atom is 0.437 e. The van der Waals surface area contributed by atoms with Crippen molar-refractivity contribution >= 4 is 23.9 Å². The van der Waals surface area contributed by atoms with Gasteiger partial charge in [-0.05, 0) is 30.5 Å². The molecule has 0 fully saturated rings. The van der Waals surface area contributed by atoms with Crippen LogP contribution in [0.1, 0.15) is 57.4 Å². The van der Waals surface area contributed by atoms with Gasteiger partial charge in [0.2, 0.25) is 0 Å². The maximum atomic E-state index is 12.8. The van der Waals surface area contributed by atoms with Gasteiger partial charge in [0.1, 0.15) is 25.6 Å². The molecule has 0 aliphatic heterocycles. The van der Waals surface area contributed by atoms with Crippen LogP contribution in [0.3, 0.4) is 0 Å². The lowest BCUT2D eigenvalue weighted by Crippen LogP contribution is -2.39. The van der Waals surface area contributed by atoms with Gasteiger partial charge >= 0.3 is 35.7 Å². The summed E-state index contributed by atoms with van der Waals surface area (Å²) < 4.78 is 73.6. The molecule has 0 aromatic heterocycles. The Hall–Kier alpha value is -3.50. The van der Waals surface area contributed by atoms with E-state index in [9.17, 15) is 36.7 Å². The quantitative estimate of drug-likeness (QED) is 0.0634. The topological polar surface area (TPSA) is 175 Å². The predicted molar refractivity (Wildman–Crippen MR) is 149 cm³/mol. The molecule has 0 bridgehead atoms. The fraction of sp³-hybridized carbons (Fsp3) is 0.655. The molecule has 45 heavy (non-hydrogen) atoms. The number of rotatable bonds is 24. The van der Waals surface area contributed by atoms with E-state index in [0.29, 0.717) is 5.75 Å². The second-order valence-corrected chi connectivity index (χ2v) is 9.34. The molecule has 0 amide bonds. The number of halogens is 4. The van der Waals surface area contributed by atoms with Gasteiger partial charge in [-0.1, -0.05) is 57.6 Å². The number of carboxylic acids is 2. The Bertz CT molecular complexity index is 990. The average Bonchev–Trinajstić information content (AvgIpc) is 3.00. The summed E-state index contributed by atoms with van der Waals surface area (Å²) in [4.78, 5) is 41.5. The summed E-state index contributed by atoms with van der Waals surface area (Å²) in [5.74, 6) is -17.7. The fourth-order valence-corrected chi connectivity index (χ4v) is 3.27. The average molecular weight is 659 g/mol. The highest BCUT2D eigenvalue weighted by Crippen LogP contribution is 2.17. The largest absolute Gasteiger partial charge is 0.491 e. The number of carboxylic acid groups (broad SMARTS) is 2. The lowest BCUT2D eigenvalue weighted by atomic mass is 10.0. The molecule has 0 aliphatic rings. The lowest BCUT2D eigenvalue weighted by molar-refractivity contribution is -0.188. The molecule has 0 atom stereocenters. The van der Waals surface area contributed by atoms with Crippen molar-refractivity contribution < 1.29 is 75.7 Å². The van der Waals surface area contributed by atoms with Crippen molar-refractivity contribution in [1.29, 1.82) is 0 Å². The molecule has 0 saturated carbocycles. The molecule has 0 spiro atoms. The number of benzene rings is 1. The third-order valence-corrected chi connectivity index (χ3v) is 5.70. The van der Waals surface area contributed by atoms with Crippen LogP contribution in [0, 0.1) is 0 Å². The van der Waals surface area contributed by atoms with Gasteiger partial charge in [-0.25, -0.2) is 19.2 Å². The zero-order valence-electron chi connectivity index (χ0n) is 25.2. The highest BCUT2D eigenvalue weighted by atomic mass is 19.3. The van der Waals surface area contributed by atoms with Gasteiger partial charge in [0.05, 0.1) is 33.0 Å². The Labute approximate surface area is 258 Å². The summed E-state index contributed by atoms with van der Waals surface area (Å²) in [5, 5.41) is 24.4. The molecule has 0 radical (unpaired) electrons. The SMILES string of the molecule is CCCCCCCCCc1ccc(OCCOCCOC(=O)C(F)(F)C(=O)O)cc1.O=C(O)C(F)(F)C(=O)OCCOCCO. The van der Waals surface area contributed by atoms with E-state index in [0.717, 1.165) is 6.42 Å². The standard InChI is InChI=1S/C22H32F2O6.C7H10F2O6/c1-2-3-4-5-6-7-8-9-18-10-12-19(13-11-18)29-16-14-28-15-17-30-21(27)22(23,24)20(25)26;8-7(9,5(11)12)6(13)15-4-3-14-2-1-10/h10-13H,2-9,14-17H2,1H3,(H,25,26);10H,1-4H2,(H,11,12). The monoisotopic (exact) mass is 658 g/mol. The summed E-state index contributed by atoms with van der Waals surface area (Å²) in [5.41, 5.74) is 1.27. The van der Waals surface area contributed by atoms with Crippen LogP contribution in [0.15, 0.2) is 24.3 Å². The first-order valence-corrected chi connectivity index (χ1v) is 14.4. The second kappa shape index (κ2) is 23.8. The number of carbonyl (C=O) groups excluding carboxylic acids is 2. The zero-order valence-corrected chi connectivity index (χ0v) is 25.2. The van der Waals surface area contributed by atoms with Crippen LogP contribution in [-0.4, -0.2) is 104 Å². The first kappa shape index (κ1) is 41.5. The van der Waals surface area contributed by atoms with E-state index < -0.39 is 48.9 Å². The first-order valence-electron chi connectivity index (χ1n) is 14.4. The number of unbranched alkanes of at least 4 members (excludes halogenated alkanes) is 6. The Kier molecular flexibility index (Phi) is 22.0. The van der Waals surface area contributed by atoms with Gasteiger partial charge < -0.3 is 39.0 Å². The molecule has 3 N–H and O–H groups in total. The number of hydrogen-bond donors (Lipinski definition) is 3. The van der Waals surface area contributed by atoms with Crippen molar-refractivity contribution in [3.8, 4) is 5.75 Å².